The van der Waals surface area contributed by atoms with Gasteiger partial charge in [0.15, 0.2) is 0 Å². The van der Waals surface area contributed by atoms with E-state index in [0.717, 1.165) is 18.5 Å². The van der Waals surface area contributed by atoms with Gasteiger partial charge in [0, 0.05) is 44.3 Å². The van der Waals surface area contributed by atoms with E-state index < -0.39 is 0 Å². The van der Waals surface area contributed by atoms with Crippen LogP contribution in [0.2, 0.25) is 0 Å². The van der Waals surface area contributed by atoms with Gasteiger partial charge in [0.05, 0.1) is 11.2 Å². The van der Waals surface area contributed by atoms with E-state index in [1.807, 2.05) is 0 Å². The molecule has 0 N–H and O–H groups in total. The highest BCUT2D eigenvalue weighted by molar-refractivity contribution is 5.99. The molecule has 0 radical (unpaired) electrons. The Morgan fingerprint density at radius 2 is 1.25 bits per heavy atom. The maximum absolute atomic E-state index is 2.47. The molecule has 2 nitrogen and oxygen atoms in total. The fraction of sp³-hybridized carbons (Fsp3) is 0.127. The number of benzene rings is 7. The Morgan fingerprint density at radius 3 is 2.11 bits per heavy atom. The van der Waals surface area contributed by atoms with Crippen molar-refractivity contribution in [2.24, 2.45) is 5.92 Å². The highest BCUT2D eigenvalue weighted by Gasteiger charge is 2.44. The molecule has 1 heterocycles. The third-order valence-corrected chi connectivity index (χ3v) is 12.9. The van der Waals surface area contributed by atoms with Crippen molar-refractivity contribution in [3.8, 4) is 27.9 Å². The van der Waals surface area contributed by atoms with Gasteiger partial charge >= 0.3 is 0 Å². The van der Waals surface area contributed by atoms with Gasteiger partial charge in [0.1, 0.15) is 0 Å². The molecule has 0 bridgehead atoms. The van der Waals surface area contributed by atoms with Crippen LogP contribution in [0.3, 0.4) is 0 Å². The first-order valence-corrected chi connectivity index (χ1v) is 20.4. The molecule has 3 aliphatic carbocycles. The molecule has 7 aromatic carbocycles. The van der Waals surface area contributed by atoms with Crippen LogP contribution in [0.25, 0.3) is 61.8 Å². The molecule has 11 rings (SSSR count). The van der Waals surface area contributed by atoms with Crippen molar-refractivity contribution in [2.75, 3.05) is 4.90 Å². The lowest BCUT2D eigenvalue weighted by atomic mass is 9.74. The molecule has 8 aromatic rings. The number of hydrogen-bond donors (Lipinski definition) is 0. The summed E-state index contributed by atoms with van der Waals surface area (Å²) in [6.45, 7) is 4.83. The number of nitrogens with zero attached hydrogens (tertiary/aromatic N) is 2. The van der Waals surface area contributed by atoms with E-state index in [1.54, 1.807) is 0 Å². The van der Waals surface area contributed by atoms with E-state index in [2.05, 4.69) is 217 Å². The predicted molar refractivity (Wildman–Crippen MR) is 241 cm³/mol. The van der Waals surface area contributed by atoms with Crippen molar-refractivity contribution in [1.29, 1.82) is 0 Å². The van der Waals surface area contributed by atoms with Gasteiger partial charge in [-0.05, 0) is 118 Å². The highest BCUT2D eigenvalue weighted by Crippen LogP contribution is 2.54. The van der Waals surface area contributed by atoms with E-state index in [1.165, 1.54) is 82.7 Å². The minimum atomic E-state index is 0.0309. The average molecular weight is 733 g/mol. The average Bonchev–Trinajstić information content (AvgIpc) is 3.72. The third-order valence-electron chi connectivity index (χ3n) is 12.9. The Kier molecular flexibility index (Phi) is 7.83. The summed E-state index contributed by atoms with van der Waals surface area (Å²) in [4.78, 5) is 2.46. The molecule has 2 unspecified atom stereocenters. The summed E-state index contributed by atoms with van der Waals surface area (Å²) in [7, 11) is 0. The minimum absolute atomic E-state index is 0.0309. The van der Waals surface area contributed by atoms with E-state index >= 15 is 0 Å². The lowest BCUT2D eigenvalue weighted by Gasteiger charge is -2.31. The van der Waals surface area contributed by atoms with E-state index in [4.69, 9.17) is 0 Å². The van der Waals surface area contributed by atoms with Crippen molar-refractivity contribution >= 4 is 50.9 Å². The van der Waals surface area contributed by atoms with Crippen molar-refractivity contribution < 1.29 is 0 Å². The lowest BCUT2D eigenvalue weighted by molar-refractivity contribution is 0.394. The Morgan fingerprint density at radius 1 is 0.561 bits per heavy atom. The zero-order chi connectivity index (χ0) is 38.1. The van der Waals surface area contributed by atoms with Crippen LogP contribution in [0.5, 0.6) is 0 Å². The maximum Gasteiger partial charge on any atom is 0.0541 e. The second kappa shape index (κ2) is 13.2. The largest absolute Gasteiger partial charge is 0.310 e. The molecule has 1 aromatic heterocycles. The fourth-order valence-electron chi connectivity index (χ4n) is 10.0. The molecule has 0 aliphatic heterocycles. The number of anilines is 3. The Balaban J connectivity index is 1.000. The van der Waals surface area contributed by atoms with E-state index in [0.29, 0.717) is 11.8 Å². The molecular weight excluding hydrogens is 689 g/mol. The van der Waals surface area contributed by atoms with Gasteiger partial charge in [-0.1, -0.05) is 153 Å². The Labute approximate surface area is 334 Å². The molecule has 0 saturated heterocycles. The van der Waals surface area contributed by atoms with Crippen LogP contribution in [0.4, 0.5) is 17.1 Å². The molecule has 0 fully saturated rings. The number of aromatic nitrogens is 1. The highest BCUT2D eigenvalue weighted by atomic mass is 15.1. The van der Waals surface area contributed by atoms with Crippen LogP contribution in [-0.4, -0.2) is 4.57 Å². The van der Waals surface area contributed by atoms with Crippen LogP contribution in [-0.2, 0) is 5.41 Å². The first-order chi connectivity index (χ1) is 28.0. The fourth-order valence-corrected chi connectivity index (χ4v) is 10.0. The third kappa shape index (κ3) is 5.46. The lowest BCUT2D eigenvalue weighted by Crippen LogP contribution is -2.30. The van der Waals surface area contributed by atoms with Crippen LogP contribution < -0.4 is 15.5 Å². The second-order valence-corrected chi connectivity index (χ2v) is 16.5. The van der Waals surface area contributed by atoms with Gasteiger partial charge in [0.25, 0.3) is 0 Å². The normalized spacial score (nSPS) is 17.4. The summed E-state index contributed by atoms with van der Waals surface area (Å²) in [6, 6.07) is 58.5. The van der Waals surface area contributed by atoms with Crippen LogP contribution >= 0.6 is 0 Å². The van der Waals surface area contributed by atoms with Crippen LogP contribution in [0.15, 0.2) is 182 Å². The SMILES string of the molecule is CC1(C)c2cc(N(c3ccc(-c4ccc5c(c4)c4c(n5-c5ccc(-c6ccccc6)cc5)=CCCC=4)cc3)c3cccc4ccccc34)ccc2C2C=CC=CC21. The van der Waals surface area contributed by atoms with Gasteiger partial charge in [-0.2, -0.15) is 0 Å². The molecule has 2 atom stereocenters. The molecule has 2 heteroatoms. The second-order valence-electron chi connectivity index (χ2n) is 16.5. The number of hydrogen-bond acceptors (Lipinski definition) is 1. The molecule has 3 aliphatic rings. The van der Waals surface area contributed by atoms with Gasteiger partial charge in [0.2, 0.25) is 0 Å². The molecule has 57 heavy (non-hydrogen) atoms. The van der Waals surface area contributed by atoms with Gasteiger partial charge < -0.3 is 9.47 Å². The first-order valence-electron chi connectivity index (χ1n) is 20.4. The van der Waals surface area contributed by atoms with Crippen LogP contribution in [0, 0.1) is 5.92 Å². The Bertz CT molecular complexity index is 3030. The van der Waals surface area contributed by atoms with Crippen molar-refractivity contribution in [1.82, 2.24) is 4.57 Å². The minimum Gasteiger partial charge on any atom is -0.310 e. The topological polar surface area (TPSA) is 8.17 Å². The molecular formula is C55H44N2. The van der Waals surface area contributed by atoms with E-state index in [-0.39, 0.29) is 5.41 Å². The summed E-state index contributed by atoms with van der Waals surface area (Å²) in [5, 5.41) is 6.42. The van der Waals surface area contributed by atoms with Gasteiger partial charge in [-0.15, -0.1) is 0 Å². The molecule has 0 saturated carbocycles. The van der Waals surface area contributed by atoms with Crippen molar-refractivity contribution in [3.05, 3.63) is 204 Å². The monoisotopic (exact) mass is 732 g/mol. The number of rotatable bonds is 6. The smallest absolute Gasteiger partial charge is 0.0541 e. The molecule has 274 valence electrons. The molecule has 0 spiro atoms. The quantitative estimate of drug-likeness (QED) is 0.165. The zero-order valence-corrected chi connectivity index (χ0v) is 32.4. The predicted octanol–water partition coefficient (Wildman–Crippen LogP) is 13.1. The first kappa shape index (κ1) is 33.7. The summed E-state index contributed by atoms with van der Waals surface area (Å²) in [5.74, 6) is 0.892. The summed E-state index contributed by atoms with van der Waals surface area (Å²) >= 11 is 0. The van der Waals surface area contributed by atoms with E-state index in [9.17, 15) is 0 Å². The summed E-state index contributed by atoms with van der Waals surface area (Å²) in [6.07, 6.45) is 16.2. The molecule has 0 amide bonds. The van der Waals surface area contributed by atoms with Crippen molar-refractivity contribution in [2.45, 2.75) is 38.0 Å². The maximum atomic E-state index is 2.47. The zero-order valence-electron chi connectivity index (χ0n) is 32.4. The van der Waals surface area contributed by atoms with Gasteiger partial charge in [-0.25, -0.2) is 0 Å². The van der Waals surface area contributed by atoms with Crippen LogP contribution in [0.1, 0.15) is 43.7 Å². The summed E-state index contributed by atoms with van der Waals surface area (Å²) in [5.41, 5.74) is 13.8. The van der Waals surface area contributed by atoms with Crippen molar-refractivity contribution in [3.63, 3.8) is 0 Å². The van der Waals surface area contributed by atoms with Gasteiger partial charge in [-0.3, -0.25) is 0 Å². The number of fused-ring (bicyclic) bond motifs is 7. The standard InChI is InChI=1S/C55H44N2/c1-55(2)50-20-10-8-18-46(50)47-33-32-44(36-51(47)55)56(52-22-12-16-40-15-6-7-17-45(40)52)42-28-25-39(26-29-42)41-27-34-54-49(35-41)48-19-9-11-21-53(48)57(54)43-30-23-38(24-31-43)37-13-4-3-5-14-37/h3-8,10,12-36,46,50H,9,11H2,1-2H3. The summed E-state index contributed by atoms with van der Waals surface area (Å²) < 4.78 is 2.45. The number of allylic oxidation sites excluding steroid dienone is 4. The Hall–Kier alpha value is -6.64.